The summed E-state index contributed by atoms with van der Waals surface area (Å²) in [6.45, 7) is 3.42. The van der Waals surface area contributed by atoms with E-state index in [2.05, 4.69) is 41.6 Å². The average molecular weight is 469 g/mol. The largest absolute Gasteiger partial charge is 0.364 e. The normalized spacial score (nSPS) is 11.5. The van der Waals surface area contributed by atoms with Crippen LogP contribution >= 0.6 is 43.2 Å². The Morgan fingerprint density at radius 1 is 1.27 bits per heavy atom. The summed E-state index contributed by atoms with van der Waals surface area (Å²) in [5.74, 6) is -0.701. The smallest absolute Gasteiger partial charge is 0.277 e. The quantitative estimate of drug-likeness (QED) is 0.719. The summed E-state index contributed by atoms with van der Waals surface area (Å²) in [6.07, 6.45) is 1.26. The molecule has 0 unspecified atom stereocenters. The molecule has 118 valence electrons. The maximum Gasteiger partial charge on any atom is 0.277 e. The van der Waals surface area contributed by atoms with Gasteiger partial charge in [-0.3, -0.25) is 9.52 Å². The van der Waals surface area contributed by atoms with Gasteiger partial charge in [0.05, 0.1) is 11.1 Å². The maximum absolute atomic E-state index is 12.6. The molecule has 6 nitrogen and oxygen atoms in total. The molecule has 0 bridgehead atoms. The summed E-state index contributed by atoms with van der Waals surface area (Å²) in [5, 5.41) is 0.269. The van der Waals surface area contributed by atoms with Gasteiger partial charge in [-0.05, 0) is 31.0 Å². The Balaban J connectivity index is 2.49. The van der Waals surface area contributed by atoms with Gasteiger partial charge in [-0.1, -0.05) is 43.2 Å². The fourth-order valence-electron chi connectivity index (χ4n) is 1.85. The van der Waals surface area contributed by atoms with Crippen LogP contribution in [-0.4, -0.2) is 19.3 Å². The van der Waals surface area contributed by atoms with Crippen LogP contribution in [-0.2, 0) is 10.0 Å². The number of carbonyl (C=O) groups is 1. The molecular weight excluding hydrogens is 458 g/mol. The molecule has 0 aliphatic rings. The molecular formula is C12H11Br2N3O3S2. The number of halogens is 2. The minimum absolute atomic E-state index is 0.0431. The first-order chi connectivity index (χ1) is 10.1. The van der Waals surface area contributed by atoms with Crippen LogP contribution in [0.4, 0.5) is 5.00 Å². The molecule has 0 saturated heterocycles. The van der Waals surface area contributed by atoms with Gasteiger partial charge in [0.1, 0.15) is 5.00 Å². The van der Waals surface area contributed by atoms with E-state index >= 15 is 0 Å². The first-order valence-electron chi connectivity index (χ1n) is 5.87. The van der Waals surface area contributed by atoms with Crippen molar-refractivity contribution in [2.75, 3.05) is 4.72 Å². The highest BCUT2D eigenvalue weighted by Gasteiger charge is 2.24. The molecule has 0 fully saturated rings. The molecule has 0 radical (unpaired) electrons. The number of anilines is 1. The minimum atomic E-state index is -3.82. The topological polar surface area (TPSA) is 102 Å². The summed E-state index contributed by atoms with van der Waals surface area (Å²) in [5.41, 5.74) is 6.29. The molecule has 0 aliphatic carbocycles. The van der Waals surface area contributed by atoms with Gasteiger partial charge in [0, 0.05) is 8.95 Å². The molecule has 10 heteroatoms. The van der Waals surface area contributed by atoms with Gasteiger partial charge in [-0.2, -0.15) is 0 Å². The van der Waals surface area contributed by atoms with Gasteiger partial charge in [-0.25, -0.2) is 13.4 Å². The number of sulfonamides is 1. The third-order valence-corrected chi connectivity index (χ3v) is 7.21. The van der Waals surface area contributed by atoms with Crippen molar-refractivity contribution in [2.45, 2.75) is 18.7 Å². The van der Waals surface area contributed by atoms with E-state index in [-0.39, 0.29) is 14.9 Å². The van der Waals surface area contributed by atoms with E-state index < -0.39 is 15.9 Å². The van der Waals surface area contributed by atoms with E-state index in [0.29, 0.717) is 20.1 Å². The van der Waals surface area contributed by atoms with Crippen LogP contribution in [0.2, 0.25) is 0 Å². The summed E-state index contributed by atoms with van der Waals surface area (Å²) in [6, 6.07) is 1.79. The Bertz CT molecular complexity index is 836. The van der Waals surface area contributed by atoms with Crippen LogP contribution in [0.3, 0.4) is 0 Å². The average Bonchev–Trinajstić information content (AvgIpc) is 2.84. The first kappa shape index (κ1) is 17.4. The Kier molecular flexibility index (Phi) is 4.95. The molecule has 1 amide bonds. The summed E-state index contributed by atoms with van der Waals surface area (Å²) in [4.78, 5) is 15.0. The summed E-state index contributed by atoms with van der Waals surface area (Å²) in [7, 11) is -3.82. The molecule has 1 heterocycles. The molecule has 0 atom stereocenters. The molecule has 0 aliphatic heterocycles. The van der Waals surface area contributed by atoms with Crippen molar-refractivity contribution < 1.29 is 13.2 Å². The Labute approximate surface area is 148 Å². The number of rotatable bonds is 4. The monoisotopic (exact) mass is 467 g/mol. The molecule has 22 heavy (non-hydrogen) atoms. The molecule has 3 N–H and O–H groups in total. The van der Waals surface area contributed by atoms with Gasteiger partial charge in [0.2, 0.25) is 0 Å². The zero-order valence-electron chi connectivity index (χ0n) is 11.5. The highest BCUT2D eigenvalue weighted by molar-refractivity contribution is 9.11. The molecule has 2 rings (SSSR count). The van der Waals surface area contributed by atoms with Crippen LogP contribution in [0.25, 0.3) is 0 Å². The van der Waals surface area contributed by atoms with Crippen molar-refractivity contribution in [3.05, 3.63) is 37.3 Å². The third kappa shape index (κ3) is 3.34. The van der Waals surface area contributed by atoms with Crippen molar-refractivity contribution in [1.82, 2.24) is 4.98 Å². The molecule has 0 saturated carbocycles. The van der Waals surface area contributed by atoms with Crippen molar-refractivity contribution in [3.63, 3.8) is 0 Å². The maximum atomic E-state index is 12.6. The number of primary amides is 1. The summed E-state index contributed by atoms with van der Waals surface area (Å²) < 4.78 is 29.0. The second-order valence-corrected chi connectivity index (χ2v) is 8.78. The number of benzene rings is 1. The van der Waals surface area contributed by atoms with Crippen molar-refractivity contribution in [1.29, 1.82) is 0 Å². The molecule has 1 aromatic heterocycles. The first-order valence-corrected chi connectivity index (χ1v) is 9.75. The lowest BCUT2D eigenvalue weighted by Crippen LogP contribution is -2.15. The van der Waals surface area contributed by atoms with Gasteiger partial charge in [0.15, 0.2) is 5.01 Å². The lowest BCUT2D eigenvalue weighted by atomic mass is 10.2. The van der Waals surface area contributed by atoms with E-state index in [1.165, 1.54) is 6.20 Å². The van der Waals surface area contributed by atoms with Crippen molar-refractivity contribution >= 4 is 64.1 Å². The summed E-state index contributed by atoms with van der Waals surface area (Å²) >= 11 is 7.56. The van der Waals surface area contributed by atoms with Crippen molar-refractivity contribution in [3.8, 4) is 0 Å². The van der Waals surface area contributed by atoms with Crippen molar-refractivity contribution in [2.24, 2.45) is 5.73 Å². The predicted molar refractivity (Wildman–Crippen MR) is 92.8 cm³/mol. The zero-order chi connectivity index (χ0) is 16.7. The number of hydrogen-bond acceptors (Lipinski definition) is 5. The van der Waals surface area contributed by atoms with Crippen LogP contribution in [0.15, 0.2) is 26.1 Å². The molecule has 0 spiro atoms. The van der Waals surface area contributed by atoms with Crippen LogP contribution in [0.5, 0.6) is 0 Å². The van der Waals surface area contributed by atoms with Gasteiger partial charge in [0.25, 0.3) is 15.9 Å². The minimum Gasteiger partial charge on any atom is -0.364 e. The van der Waals surface area contributed by atoms with E-state index in [1.807, 2.05) is 0 Å². The number of carbonyl (C=O) groups excluding carboxylic acids is 1. The van der Waals surface area contributed by atoms with E-state index in [9.17, 15) is 13.2 Å². The number of nitrogens with zero attached hydrogens (tertiary/aromatic N) is 1. The Hall–Kier alpha value is -0.970. The van der Waals surface area contributed by atoms with Crippen LogP contribution in [0.1, 0.15) is 20.9 Å². The van der Waals surface area contributed by atoms with E-state index in [0.717, 1.165) is 11.3 Å². The van der Waals surface area contributed by atoms with Crippen LogP contribution < -0.4 is 10.5 Å². The molecule has 2 aromatic rings. The number of amides is 1. The van der Waals surface area contributed by atoms with Gasteiger partial charge < -0.3 is 5.73 Å². The third-order valence-electron chi connectivity index (χ3n) is 2.87. The predicted octanol–water partition coefficient (Wildman–Crippen LogP) is 3.18. The Morgan fingerprint density at radius 3 is 2.27 bits per heavy atom. The second-order valence-electron chi connectivity index (χ2n) is 4.42. The van der Waals surface area contributed by atoms with E-state index in [4.69, 9.17) is 5.73 Å². The fraction of sp³-hybridized carbons (Fsp3) is 0.167. The standard InChI is InChI=1S/C12H11Br2N3O3S2/c1-5-7(13)3-8(14)6(2)10(5)22(19,20)17-9-4-16-12(21-9)11(15)18/h3-4,17H,1-2H3,(H2,15,18). The number of aromatic nitrogens is 1. The van der Waals surface area contributed by atoms with Crippen LogP contribution in [0, 0.1) is 13.8 Å². The number of thiazole rings is 1. The fourth-order valence-corrected chi connectivity index (χ4v) is 5.73. The highest BCUT2D eigenvalue weighted by atomic mass is 79.9. The zero-order valence-corrected chi connectivity index (χ0v) is 16.3. The lowest BCUT2D eigenvalue weighted by molar-refractivity contribution is 0.1000. The second kappa shape index (κ2) is 6.26. The number of hydrogen-bond donors (Lipinski definition) is 2. The van der Waals surface area contributed by atoms with E-state index in [1.54, 1.807) is 19.9 Å². The molecule has 1 aromatic carbocycles. The Morgan fingerprint density at radius 2 is 1.82 bits per heavy atom. The van der Waals surface area contributed by atoms with Gasteiger partial charge >= 0.3 is 0 Å². The lowest BCUT2D eigenvalue weighted by Gasteiger charge is -2.14. The highest BCUT2D eigenvalue weighted by Crippen LogP contribution is 2.34. The SMILES string of the molecule is Cc1c(Br)cc(Br)c(C)c1S(=O)(=O)Nc1cnc(C(N)=O)s1. The van der Waals surface area contributed by atoms with Gasteiger partial charge in [-0.15, -0.1) is 0 Å². The number of nitrogens with one attached hydrogen (secondary N) is 1. The number of nitrogens with two attached hydrogens (primary N) is 1.